The molecule has 1 aliphatic heterocycles. The van der Waals surface area contributed by atoms with Crippen LogP contribution in [-0.2, 0) is 16.0 Å². The predicted octanol–water partition coefficient (Wildman–Crippen LogP) is 7.78. The topological polar surface area (TPSA) is 101 Å². The summed E-state index contributed by atoms with van der Waals surface area (Å²) in [6.07, 6.45) is 9.07. The number of thiophene rings is 1. The minimum Gasteiger partial charge on any atom is -0.477 e. The molecule has 3 fully saturated rings. The van der Waals surface area contributed by atoms with Gasteiger partial charge in [0.1, 0.15) is 12.4 Å². The maximum Gasteiger partial charge on any atom is 0.319 e. The first-order chi connectivity index (χ1) is 24.0. The van der Waals surface area contributed by atoms with E-state index < -0.39 is 5.82 Å². The van der Waals surface area contributed by atoms with Gasteiger partial charge in [-0.05, 0) is 67.5 Å². The zero-order valence-electron chi connectivity index (χ0n) is 28.5. The number of rotatable bonds is 12. The fourth-order valence-corrected chi connectivity index (χ4v) is 6.76. The van der Waals surface area contributed by atoms with Crippen molar-refractivity contribution in [3.8, 4) is 22.1 Å². The number of carbonyl (C=O) groups excluding carboxylic acids is 1. The molecule has 0 radical (unpaired) electrons. The van der Waals surface area contributed by atoms with Crippen molar-refractivity contribution >= 4 is 33.3 Å². The van der Waals surface area contributed by atoms with Gasteiger partial charge in [-0.2, -0.15) is 0 Å². The van der Waals surface area contributed by atoms with Crippen molar-refractivity contribution in [1.29, 1.82) is 0 Å². The lowest BCUT2D eigenvalue weighted by Crippen LogP contribution is -2.46. The molecule has 3 aliphatic rings. The summed E-state index contributed by atoms with van der Waals surface area (Å²) in [7, 11) is 1.70. The summed E-state index contributed by atoms with van der Waals surface area (Å²) in [6, 6.07) is 12.2. The van der Waals surface area contributed by atoms with Gasteiger partial charge in [-0.1, -0.05) is 19.9 Å². The highest BCUT2D eigenvalue weighted by Crippen LogP contribution is 2.39. The van der Waals surface area contributed by atoms with E-state index in [4.69, 9.17) is 19.2 Å². The molecule has 10 nitrogen and oxygen atoms in total. The first-order valence-electron chi connectivity index (χ1n) is 17.2. The number of hydrogen-bond donors (Lipinski definition) is 2. The van der Waals surface area contributed by atoms with Gasteiger partial charge in [0.2, 0.25) is 0 Å². The monoisotopic (exact) mass is 688 g/mol. The summed E-state index contributed by atoms with van der Waals surface area (Å²) in [6.45, 7) is 9.85. The second-order valence-electron chi connectivity index (χ2n) is 12.2. The summed E-state index contributed by atoms with van der Waals surface area (Å²) >= 11 is 1.51. The molecular formula is C37H45FN6O4S. The molecule has 0 bridgehead atoms. The predicted molar refractivity (Wildman–Crippen MR) is 191 cm³/mol. The maximum absolute atomic E-state index is 15.0. The number of piperazine rings is 1. The number of nitrogens with zero attached hydrogens (tertiary/aromatic N) is 4. The van der Waals surface area contributed by atoms with Crippen molar-refractivity contribution in [3.05, 3.63) is 77.7 Å². The highest BCUT2D eigenvalue weighted by molar-refractivity contribution is 7.22. The van der Waals surface area contributed by atoms with E-state index >= 15 is 0 Å². The molecule has 1 aromatic carbocycles. The van der Waals surface area contributed by atoms with Gasteiger partial charge in [-0.25, -0.2) is 9.18 Å². The molecule has 0 atom stereocenters. The minimum absolute atomic E-state index is 0.0680. The molecule has 12 heteroatoms. The number of hydrogen-bond acceptors (Lipinski definition) is 9. The largest absolute Gasteiger partial charge is 0.477 e. The molecule has 0 unspecified atom stereocenters. The Labute approximate surface area is 291 Å². The summed E-state index contributed by atoms with van der Waals surface area (Å²) in [5.74, 6) is 1.09. The Hall–Kier alpha value is -4.26. The Morgan fingerprint density at radius 3 is 2.49 bits per heavy atom. The lowest BCUT2D eigenvalue weighted by Gasteiger charge is -2.38. The van der Waals surface area contributed by atoms with Gasteiger partial charge < -0.3 is 29.7 Å². The van der Waals surface area contributed by atoms with Crippen LogP contribution in [0.1, 0.15) is 51.5 Å². The fraction of sp³-hybridized carbons (Fsp3) is 0.432. The van der Waals surface area contributed by atoms with E-state index in [1.165, 1.54) is 35.5 Å². The lowest BCUT2D eigenvalue weighted by atomic mass is 9.92. The molecule has 0 spiro atoms. The third kappa shape index (κ3) is 8.86. The van der Waals surface area contributed by atoms with Crippen LogP contribution in [0.3, 0.4) is 0 Å². The molecule has 1 saturated heterocycles. The summed E-state index contributed by atoms with van der Waals surface area (Å²) in [4.78, 5) is 27.1. The van der Waals surface area contributed by atoms with Crippen LogP contribution in [0.5, 0.6) is 11.5 Å². The third-order valence-corrected chi connectivity index (χ3v) is 9.79. The Morgan fingerprint density at radius 1 is 1.00 bits per heavy atom. The third-order valence-electron chi connectivity index (χ3n) is 8.63. The molecule has 2 N–H and O–H groups in total. The Bertz CT molecular complexity index is 1750. The van der Waals surface area contributed by atoms with Crippen LogP contribution in [0.15, 0.2) is 66.3 Å². The smallest absolute Gasteiger partial charge is 0.319 e. The number of carbonyl (C=O) groups is 1. The van der Waals surface area contributed by atoms with Crippen molar-refractivity contribution < 1.29 is 23.4 Å². The summed E-state index contributed by atoms with van der Waals surface area (Å²) in [5.41, 5.74) is 4.57. The van der Waals surface area contributed by atoms with E-state index in [2.05, 4.69) is 31.5 Å². The molecular weight excluding hydrogens is 644 g/mol. The first kappa shape index (κ1) is 34.6. The van der Waals surface area contributed by atoms with Crippen LogP contribution in [0.4, 0.5) is 14.9 Å². The van der Waals surface area contributed by atoms with Crippen LogP contribution in [0.2, 0.25) is 0 Å². The molecule has 4 heterocycles. The molecule has 49 heavy (non-hydrogen) atoms. The number of anilines is 1. The fourth-order valence-electron chi connectivity index (χ4n) is 5.72. The molecule has 7 rings (SSSR count). The van der Waals surface area contributed by atoms with Crippen molar-refractivity contribution in [3.63, 3.8) is 0 Å². The second-order valence-corrected chi connectivity index (χ2v) is 13.2. The molecule has 260 valence electrons. The first-order valence-corrected chi connectivity index (χ1v) is 18.0. The van der Waals surface area contributed by atoms with E-state index in [1.54, 1.807) is 25.4 Å². The van der Waals surface area contributed by atoms with Crippen molar-refractivity contribution in [2.75, 3.05) is 51.8 Å². The number of aromatic nitrogens is 2. The van der Waals surface area contributed by atoms with E-state index in [0.29, 0.717) is 24.7 Å². The highest BCUT2D eigenvalue weighted by Gasteiger charge is 2.26. The number of fused-ring (bicyclic) bond motifs is 1. The number of benzene rings is 1. The molecule has 4 aromatic rings. The molecule has 2 saturated carbocycles. The highest BCUT2D eigenvalue weighted by atomic mass is 32.1. The maximum atomic E-state index is 15.0. The van der Waals surface area contributed by atoms with Crippen molar-refractivity contribution in [2.45, 2.75) is 58.5 Å². The average molecular weight is 689 g/mol. The zero-order chi connectivity index (χ0) is 34.2. The number of allylic oxidation sites excluding steroid dienone is 1. The number of urea groups is 1. The second kappa shape index (κ2) is 16.4. The minimum atomic E-state index is -0.569. The van der Waals surface area contributed by atoms with Gasteiger partial charge in [0.05, 0.1) is 27.4 Å². The summed E-state index contributed by atoms with van der Waals surface area (Å²) < 4.78 is 33.1. The van der Waals surface area contributed by atoms with Gasteiger partial charge in [-0.3, -0.25) is 14.9 Å². The molecule has 3 aromatic heterocycles. The molecule has 2 aliphatic carbocycles. The van der Waals surface area contributed by atoms with Crippen LogP contribution >= 0.6 is 11.3 Å². The van der Waals surface area contributed by atoms with E-state index in [0.717, 1.165) is 90.6 Å². The summed E-state index contributed by atoms with van der Waals surface area (Å²) in [5, 5.41) is 5.49. The number of nitrogens with one attached hydrogen (secondary N) is 2. The average Bonchev–Trinajstić information content (AvgIpc) is 3.79. The molecule has 2 amide bonds. The van der Waals surface area contributed by atoms with E-state index in [-0.39, 0.29) is 17.8 Å². The Morgan fingerprint density at radius 2 is 1.82 bits per heavy atom. The van der Waals surface area contributed by atoms with Gasteiger partial charge in [0.25, 0.3) is 0 Å². The Balaban J connectivity index is 0.00000205. The number of ether oxygens (including phenoxy) is 3. The van der Waals surface area contributed by atoms with E-state index in [1.807, 2.05) is 32.2 Å². The van der Waals surface area contributed by atoms with Gasteiger partial charge in [-0.15, -0.1) is 11.3 Å². The van der Waals surface area contributed by atoms with Crippen molar-refractivity contribution in [2.24, 2.45) is 0 Å². The number of pyridine rings is 2. The van der Waals surface area contributed by atoms with Crippen molar-refractivity contribution in [1.82, 2.24) is 25.1 Å². The quantitative estimate of drug-likeness (QED) is 0.115. The van der Waals surface area contributed by atoms with Crippen LogP contribution < -0.4 is 15.4 Å². The number of methoxy groups -OCH3 is 1. The van der Waals surface area contributed by atoms with Gasteiger partial charge >= 0.3 is 6.03 Å². The zero-order valence-corrected chi connectivity index (χ0v) is 29.3. The standard InChI is InChI=1S/C35H39FN6O4S.C2H6/c1-44-17-18-45-34(24-3-2-4-24)42-15-13-41(14-16-42)22-23-5-9-28(38-21-23)32-20-29-33(47-32)31(11-12-37-29)46-30-10-8-26(19-27(30)36)40-35(43)39-25-6-7-25;1-2/h5,8-12,19-21,25H,2-4,6-7,13-18,22H2,1H3,(H2,39,40,43);1-2H3. The van der Waals surface area contributed by atoms with Crippen LogP contribution in [0.25, 0.3) is 20.8 Å². The van der Waals surface area contributed by atoms with Gasteiger partial charge in [0.15, 0.2) is 17.4 Å². The lowest BCUT2D eigenvalue weighted by molar-refractivity contribution is 0.0386. The SMILES string of the molecule is CC.COCCOC(=C1CCC1)N1CCN(Cc2ccc(-c3cc4nccc(Oc5ccc(NC(=O)NC6CC6)cc5F)c4s3)nc2)CC1. The van der Waals surface area contributed by atoms with E-state index in [9.17, 15) is 9.18 Å². The normalized spacial score (nSPS) is 16.0. The van der Waals surface area contributed by atoms with Crippen LogP contribution in [0, 0.1) is 5.82 Å². The van der Waals surface area contributed by atoms with Gasteiger partial charge in [0, 0.05) is 76.1 Å². The Kier molecular flexibility index (Phi) is 11.6. The van der Waals surface area contributed by atoms with Crippen LogP contribution in [-0.4, -0.2) is 78.3 Å². The number of amides is 2. The number of halogens is 1.